The first-order chi connectivity index (χ1) is 9.81. The first kappa shape index (κ1) is 14.5. The normalized spacial score (nSPS) is 16.4. The highest BCUT2D eigenvalue weighted by molar-refractivity contribution is 5.78. The van der Waals surface area contributed by atoms with Gasteiger partial charge in [0.2, 0.25) is 5.91 Å². The van der Waals surface area contributed by atoms with Crippen molar-refractivity contribution in [3.8, 4) is 6.07 Å². The summed E-state index contributed by atoms with van der Waals surface area (Å²) in [7, 11) is 0. The molecule has 1 saturated heterocycles. The van der Waals surface area contributed by atoms with E-state index in [1.807, 2.05) is 35.2 Å². The van der Waals surface area contributed by atoms with E-state index in [9.17, 15) is 4.79 Å². The molecular formula is C16H21N3O. The van der Waals surface area contributed by atoms with Crippen LogP contribution in [-0.4, -0.2) is 30.4 Å². The Balaban J connectivity index is 1.89. The Bertz CT molecular complexity index is 460. The van der Waals surface area contributed by atoms with Crippen molar-refractivity contribution in [2.75, 3.05) is 19.6 Å². The maximum Gasteiger partial charge on any atom is 0.236 e. The van der Waals surface area contributed by atoms with Crippen LogP contribution in [0.3, 0.4) is 0 Å². The lowest BCUT2D eigenvalue weighted by atomic mass is 10.0. The van der Waals surface area contributed by atoms with Crippen molar-refractivity contribution >= 4 is 5.91 Å². The standard InChI is InChI=1S/C16H21N3O/c17-10-9-15(14-7-3-1-4-8-14)18-13-16(20)19-11-5-2-6-12-19/h1,3-4,7-8,15,18H,2,5-6,9,11-13H2. The predicted octanol–water partition coefficient (Wildman–Crippen LogP) is 2.24. The minimum absolute atomic E-state index is 0.0741. The van der Waals surface area contributed by atoms with Crippen molar-refractivity contribution in [1.82, 2.24) is 10.2 Å². The molecule has 1 atom stereocenters. The van der Waals surface area contributed by atoms with Crippen LogP contribution in [0.5, 0.6) is 0 Å². The number of carbonyl (C=O) groups is 1. The van der Waals surface area contributed by atoms with Gasteiger partial charge in [0.25, 0.3) is 0 Å². The van der Waals surface area contributed by atoms with Crippen LogP contribution >= 0.6 is 0 Å². The first-order valence-electron chi connectivity index (χ1n) is 7.24. The molecule has 1 heterocycles. The second-order valence-corrected chi connectivity index (χ2v) is 5.15. The molecule has 4 heteroatoms. The topological polar surface area (TPSA) is 56.1 Å². The van der Waals surface area contributed by atoms with Crippen molar-refractivity contribution in [3.63, 3.8) is 0 Å². The fourth-order valence-corrected chi connectivity index (χ4v) is 2.55. The molecule has 1 N–H and O–H groups in total. The van der Waals surface area contributed by atoms with Gasteiger partial charge >= 0.3 is 0 Å². The van der Waals surface area contributed by atoms with E-state index in [1.165, 1.54) is 6.42 Å². The third-order valence-electron chi connectivity index (χ3n) is 3.71. The molecule has 2 rings (SSSR count). The molecule has 0 saturated carbocycles. The van der Waals surface area contributed by atoms with Gasteiger partial charge < -0.3 is 10.2 Å². The van der Waals surface area contributed by atoms with E-state index >= 15 is 0 Å². The zero-order chi connectivity index (χ0) is 14.2. The first-order valence-corrected chi connectivity index (χ1v) is 7.24. The number of nitrogens with zero attached hydrogens (tertiary/aromatic N) is 2. The Labute approximate surface area is 120 Å². The molecule has 1 unspecified atom stereocenters. The molecule has 0 bridgehead atoms. The van der Waals surface area contributed by atoms with Gasteiger partial charge in [-0.05, 0) is 24.8 Å². The summed E-state index contributed by atoms with van der Waals surface area (Å²) in [6.45, 7) is 2.05. The number of nitrogens with one attached hydrogen (secondary N) is 1. The molecule has 106 valence electrons. The van der Waals surface area contributed by atoms with Gasteiger partial charge in [0.15, 0.2) is 0 Å². The van der Waals surface area contributed by atoms with Crippen LogP contribution in [0, 0.1) is 11.3 Å². The molecule has 1 aliphatic heterocycles. The van der Waals surface area contributed by atoms with Crippen LogP contribution in [0.4, 0.5) is 0 Å². The molecule has 4 nitrogen and oxygen atoms in total. The summed E-state index contributed by atoms with van der Waals surface area (Å²) < 4.78 is 0. The summed E-state index contributed by atoms with van der Waals surface area (Å²) >= 11 is 0. The van der Waals surface area contributed by atoms with Crippen LogP contribution in [0.15, 0.2) is 30.3 Å². The average Bonchev–Trinajstić information content (AvgIpc) is 2.53. The highest BCUT2D eigenvalue weighted by atomic mass is 16.2. The number of hydrogen-bond donors (Lipinski definition) is 1. The third-order valence-corrected chi connectivity index (χ3v) is 3.71. The second-order valence-electron chi connectivity index (χ2n) is 5.15. The summed E-state index contributed by atoms with van der Waals surface area (Å²) in [5, 5.41) is 12.1. The van der Waals surface area contributed by atoms with Crippen molar-refractivity contribution in [3.05, 3.63) is 35.9 Å². The molecule has 0 radical (unpaired) electrons. The quantitative estimate of drug-likeness (QED) is 0.893. The summed E-state index contributed by atoms with van der Waals surface area (Å²) in [4.78, 5) is 14.0. The molecule has 1 aromatic rings. The average molecular weight is 271 g/mol. The van der Waals surface area contributed by atoms with Crippen molar-refractivity contribution in [2.45, 2.75) is 31.7 Å². The largest absolute Gasteiger partial charge is 0.342 e. The molecule has 20 heavy (non-hydrogen) atoms. The van der Waals surface area contributed by atoms with Crippen LogP contribution in [0.2, 0.25) is 0 Å². The van der Waals surface area contributed by atoms with Crippen LogP contribution in [0.25, 0.3) is 0 Å². The Hall–Kier alpha value is -1.86. The number of hydrogen-bond acceptors (Lipinski definition) is 3. The number of rotatable bonds is 5. The second kappa shape index (κ2) is 7.66. The zero-order valence-electron chi connectivity index (χ0n) is 11.7. The van der Waals surface area contributed by atoms with Gasteiger partial charge in [0.05, 0.1) is 19.0 Å². The Morgan fingerprint density at radius 3 is 2.60 bits per heavy atom. The molecule has 0 aliphatic carbocycles. The number of likely N-dealkylation sites (tertiary alicyclic amines) is 1. The molecule has 1 amide bonds. The predicted molar refractivity (Wildman–Crippen MR) is 77.8 cm³/mol. The summed E-state index contributed by atoms with van der Waals surface area (Å²) in [6.07, 6.45) is 3.80. The molecule has 0 spiro atoms. The molecule has 1 aromatic carbocycles. The summed E-state index contributed by atoms with van der Waals surface area (Å²) in [5.74, 6) is 0.142. The molecule has 1 aliphatic rings. The van der Waals surface area contributed by atoms with E-state index in [0.29, 0.717) is 13.0 Å². The van der Waals surface area contributed by atoms with Crippen LogP contribution in [-0.2, 0) is 4.79 Å². The van der Waals surface area contributed by atoms with E-state index < -0.39 is 0 Å². The zero-order valence-corrected chi connectivity index (χ0v) is 11.7. The van der Waals surface area contributed by atoms with E-state index in [4.69, 9.17) is 5.26 Å². The fraction of sp³-hybridized carbons (Fsp3) is 0.500. The highest BCUT2D eigenvalue weighted by Gasteiger charge is 2.18. The van der Waals surface area contributed by atoms with E-state index in [2.05, 4.69) is 11.4 Å². The van der Waals surface area contributed by atoms with Gasteiger partial charge in [-0.15, -0.1) is 0 Å². The Morgan fingerprint density at radius 2 is 1.95 bits per heavy atom. The monoisotopic (exact) mass is 271 g/mol. The maximum absolute atomic E-state index is 12.1. The lowest BCUT2D eigenvalue weighted by Crippen LogP contribution is -2.41. The highest BCUT2D eigenvalue weighted by Crippen LogP contribution is 2.16. The smallest absolute Gasteiger partial charge is 0.236 e. The molecular weight excluding hydrogens is 250 g/mol. The maximum atomic E-state index is 12.1. The Kier molecular flexibility index (Phi) is 5.57. The fourth-order valence-electron chi connectivity index (χ4n) is 2.55. The van der Waals surface area contributed by atoms with Gasteiger partial charge in [-0.2, -0.15) is 5.26 Å². The van der Waals surface area contributed by atoms with E-state index in [1.54, 1.807) is 0 Å². The Morgan fingerprint density at radius 1 is 1.25 bits per heavy atom. The van der Waals surface area contributed by atoms with Crippen molar-refractivity contribution in [1.29, 1.82) is 5.26 Å². The van der Waals surface area contributed by atoms with Gasteiger partial charge in [-0.3, -0.25) is 4.79 Å². The number of piperidine rings is 1. The number of carbonyl (C=O) groups excluding carboxylic acids is 1. The van der Waals surface area contributed by atoms with Crippen molar-refractivity contribution in [2.24, 2.45) is 0 Å². The summed E-state index contributed by atoms with van der Waals surface area (Å²) in [6, 6.07) is 11.9. The minimum Gasteiger partial charge on any atom is -0.342 e. The van der Waals surface area contributed by atoms with Crippen molar-refractivity contribution < 1.29 is 4.79 Å². The third kappa shape index (κ3) is 4.07. The van der Waals surface area contributed by atoms with Gasteiger partial charge in [-0.25, -0.2) is 0 Å². The van der Waals surface area contributed by atoms with E-state index in [-0.39, 0.29) is 11.9 Å². The van der Waals surface area contributed by atoms with Gasteiger partial charge in [0, 0.05) is 19.1 Å². The lowest BCUT2D eigenvalue weighted by molar-refractivity contribution is -0.131. The number of benzene rings is 1. The van der Waals surface area contributed by atoms with E-state index in [0.717, 1.165) is 31.5 Å². The lowest BCUT2D eigenvalue weighted by Gasteiger charge is -2.27. The summed E-state index contributed by atoms with van der Waals surface area (Å²) in [5.41, 5.74) is 1.06. The molecule has 0 aromatic heterocycles. The number of nitriles is 1. The van der Waals surface area contributed by atoms with Crippen LogP contribution < -0.4 is 5.32 Å². The van der Waals surface area contributed by atoms with Crippen LogP contribution in [0.1, 0.15) is 37.3 Å². The minimum atomic E-state index is -0.0741. The van der Waals surface area contributed by atoms with Gasteiger partial charge in [-0.1, -0.05) is 30.3 Å². The molecule has 1 fully saturated rings. The SMILES string of the molecule is N#CCC(NCC(=O)N1CCCCC1)c1ccccc1. The van der Waals surface area contributed by atoms with Gasteiger partial charge in [0.1, 0.15) is 0 Å². The number of amides is 1.